The van der Waals surface area contributed by atoms with Crippen LogP contribution in [0.15, 0.2) is 42.7 Å². The summed E-state index contributed by atoms with van der Waals surface area (Å²) in [6.07, 6.45) is 3.55. The Morgan fingerprint density at radius 2 is 1.92 bits per heavy atom. The second-order valence-electron chi connectivity index (χ2n) is 5.39. The van der Waals surface area contributed by atoms with Gasteiger partial charge >= 0.3 is 5.97 Å². The van der Waals surface area contributed by atoms with Gasteiger partial charge in [0.05, 0.1) is 32.2 Å². The Hall–Kier alpha value is -2.93. The molecular weight excluding hydrogens is 356 g/mol. The molecule has 8 heteroatoms. The van der Waals surface area contributed by atoms with Crippen LogP contribution in [0.1, 0.15) is 6.42 Å². The number of benzene rings is 1. The molecule has 1 aromatic carbocycles. The van der Waals surface area contributed by atoms with Crippen LogP contribution >= 0.6 is 11.6 Å². The number of esters is 1. The van der Waals surface area contributed by atoms with Crippen LogP contribution in [0.25, 0.3) is 22.8 Å². The van der Waals surface area contributed by atoms with Gasteiger partial charge in [0.15, 0.2) is 11.6 Å². The van der Waals surface area contributed by atoms with Crippen LogP contribution < -0.4 is 4.74 Å². The number of hydrogen-bond acceptors (Lipinski definition) is 6. The SMILES string of the molecule is COC(=O)CCn1nc(-c2ccc(OC)c(Cl)c2)nc1-c1ccncc1. The summed E-state index contributed by atoms with van der Waals surface area (Å²) < 4.78 is 11.6. The summed E-state index contributed by atoms with van der Waals surface area (Å²) in [6.45, 7) is 0.348. The van der Waals surface area contributed by atoms with Crippen LogP contribution in [-0.2, 0) is 16.1 Å². The molecule has 0 saturated heterocycles. The van der Waals surface area contributed by atoms with Crippen molar-refractivity contribution in [3.8, 4) is 28.5 Å². The molecule has 0 fully saturated rings. The maximum absolute atomic E-state index is 11.5. The fourth-order valence-corrected chi connectivity index (χ4v) is 2.70. The molecule has 3 aromatic rings. The van der Waals surface area contributed by atoms with Gasteiger partial charge in [-0.1, -0.05) is 11.6 Å². The van der Waals surface area contributed by atoms with Crippen molar-refractivity contribution < 1.29 is 14.3 Å². The standard InChI is InChI=1S/C18H17ClN4O3/c1-25-15-4-3-13(11-14(15)19)17-21-18(12-5-8-20-9-6-12)23(22-17)10-7-16(24)26-2/h3-6,8-9,11H,7,10H2,1-2H3. The van der Waals surface area contributed by atoms with Gasteiger partial charge in [-0.25, -0.2) is 9.67 Å². The molecule has 7 nitrogen and oxygen atoms in total. The fourth-order valence-electron chi connectivity index (χ4n) is 2.44. The van der Waals surface area contributed by atoms with E-state index in [1.807, 2.05) is 18.2 Å². The molecule has 0 aliphatic rings. The molecular formula is C18H17ClN4O3. The van der Waals surface area contributed by atoms with Crippen LogP contribution in [0, 0.1) is 0 Å². The molecule has 2 heterocycles. The molecule has 0 atom stereocenters. The van der Waals surface area contributed by atoms with E-state index in [9.17, 15) is 4.79 Å². The maximum Gasteiger partial charge on any atom is 0.307 e. The van der Waals surface area contributed by atoms with Crippen LogP contribution in [0.5, 0.6) is 5.75 Å². The number of carbonyl (C=O) groups excluding carboxylic acids is 1. The molecule has 3 rings (SSSR count). The predicted octanol–water partition coefficient (Wildman–Crippen LogP) is 3.23. The molecule has 134 valence electrons. The molecule has 0 unspecified atom stereocenters. The van der Waals surface area contributed by atoms with Crippen LogP contribution in [0.3, 0.4) is 0 Å². The fraction of sp³-hybridized carbons (Fsp3) is 0.222. The van der Waals surface area contributed by atoms with Crippen molar-refractivity contribution in [2.24, 2.45) is 0 Å². The van der Waals surface area contributed by atoms with Crippen LogP contribution in [0.2, 0.25) is 5.02 Å². The number of carbonyl (C=O) groups is 1. The maximum atomic E-state index is 11.5. The molecule has 0 N–H and O–H groups in total. The Kier molecular flexibility index (Phi) is 5.48. The number of halogens is 1. The lowest BCUT2D eigenvalue weighted by atomic mass is 10.2. The summed E-state index contributed by atoms with van der Waals surface area (Å²) in [4.78, 5) is 20.1. The smallest absolute Gasteiger partial charge is 0.307 e. The van der Waals surface area contributed by atoms with E-state index in [0.717, 1.165) is 11.1 Å². The van der Waals surface area contributed by atoms with Gasteiger partial charge in [0.25, 0.3) is 0 Å². The van der Waals surface area contributed by atoms with E-state index in [0.29, 0.717) is 29.0 Å². The normalized spacial score (nSPS) is 10.6. The predicted molar refractivity (Wildman–Crippen MR) is 96.9 cm³/mol. The molecule has 0 aliphatic heterocycles. The Labute approximate surface area is 155 Å². The van der Waals surface area contributed by atoms with E-state index in [1.54, 1.807) is 36.3 Å². The molecule has 0 radical (unpaired) electrons. The molecule has 0 amide bonds. The van der Waals surface area contributed by atoms with Gasteiger partial charge in [-0.05, 0) is 30.3 Å². The number of aryl methyl sites for hydroxylation is 1. The van der Waals surface area contributed by atoms with Gasteiger partial charge in [0.2, 0.25) is 0 Å². The van der Waals surface area contributed by atoms with Crippen LogP contribution in [0.4, 0.5) is 0 Å². The third-order valence-corrected chi connectivity index (χ3v) is 4.07. The number of aromatic nitrogens is 4. The highest BCUT2D eigenvalue weighted by atomic mass is 35.5. The minimum absolute atomic E-state index is 0.195. The molecule has 26 heavy (non-hydrogen) atoms. The van der Waals surface area contributed by atoms with E-state index in [2.05, 4.69) is 15.1 Å². The molecule has 2 aromatic heterocycles. The van der Waals surface area contributed by atoms with Crippen molar-refractivity contribution in [3.63, 3.8) is 0 Å². The Balaban J connectivity index is 2.00. The highest BCUT2D eigenvalue weighted by Gasteiger charge is 2.15. The van der Waals surface area contributed by atoms with Crippen molar-refractivity contribution in [1.29, 1.82) is 0 Å². The van der Waals surface area contributed by atoms with E-state index in [1.165, 1.54) is 7.11 Å². The number of nitrogens with zero attached hydrogens (tertiary/aromatic N) is 4. The van der Waals surface area contributed by atoms with Crippen molar-refractivity contribution in [2.75, 3.05) is 14.2 Å². The zero-order valence-corrected chi connectivity index (χ0v) is 15.1. The lowest BCUT2D eigenvalue weighted by molar-refractivity contribution is -0.140. The highest BCUT2D eigenvalue weighted by Crippen LogP contribution is 2.30. The van der Waals surface area contributed by atoms with Gasteiger partial charge in [-0.2, -0.15) is 5.10 Å². The average Bonchev–Trinajstić information content (AvgIpc) is 3.11. The minimum Gasteiger partial charge on any atom is -0.495 e. The largest absolute Gasteiger partial charge is 0.495 e. The second-order valence-corrected chi connectivity index (χ2v) is 5.80. The molecule has 0 saturated carbocycles. The van der Waals surface area contributed by atoms with Gasteiger partial charge in [0.1, 0.15) is 5.75 Å². The van der Waals surface area contributed by atoms with Crippen molar-refractivity contribution in [3.05, 3.63) is 47.7 Å². The van der Waals surface area contributed by atoms with Crippen molar-refractivity contribution in [2.45, 2.75) is 13.0 Å². The number of rotatable bonds is 6. The zero-order valence-electron chi connectivity index (χ0n) is 14.3. The van der Waals surface area contributed by atoms with Crippen molar-refractivity contribution >= 4 is 17.6 Å². The first-order valence-electron chi connectivity index (χ1n) is 7.88. The van der Waals surface area contributed by atoms with Gasteiger partial charge < -0.3 is 9.47 Å². The third kappa shape index (κ3) is 3.83. The topological polar surface area (TPSA) is 79.1 Å². The summed E-state index contributed by atoms with van der Waals surface area (Å²) in [5.41, 5.74) is 1.60. The van der Waals surface area contributed by atoms with Gasteiger partial charge in [-0.15, -0.1) is 0 Å². The third-order valence-electron chi connectivity index (χ3n) is 3.78. The number of ether oxygens (including phenoxy) is 2. The minimum atomic E-state index is -0.310. The van der Waals surface area contributed by atoms with E-state index in [4.69, 9.17) is 21.1 Å². The quantitative estimate of drug-likeness (QED) is 0.618. The lowest BCUT2D eigenvalue weighted by Gasteiger charge is -2.04. The van der Waals surface area contributed by atoms with Gasteiger partial charge in [-0.3, -0.25) is 9.78 Å². The number of methoxy groups -OCH3 is 2. The highest BCUT2D eigenvalue weighted by molar-refractivity contribution is 6.32. The second kappa shape index (κ2) is 7.97. The summed E-state index contributed by atoms with van der Waals surface area (Å²) in [5, 5.41) is 5.01. The lowest BCUT2D eigenvalue weighted by Crippen LogP contribution is -2.09. The summed E-state index contributed by atoms with van der Waals surface area (Å²) in [7, 11) is 2.92. The van der Waals surface area contributed by atoms with E-state index < -0.39 is 0 Å². The Bertz CT molecular complexity index is 912. The molecule has 0 bridgehead atoms. The Morgan fingerprint density at radius 1 is 1.15 bits per heavy atom. The number of pyridine rings is 1. The summed E-state index contributed by atoms with van der Waals surface area (Å²) >= 11 is 6.21. The van der Waals surface area contributed by atoms with E-state index in [-0.39, 0.29) is 12.4 Å². The number of hydrogen-bond donors (Lipinski definition) is 0. The zero-order chi connectivity index (χ0) is 18.5. The van der Waals surface area contributed by atoms with Crippen LogP contribution in [-0.4, -0.2) is 39.9 Å². The first-order chi connectivity index (χ1) is 12.6. The monoisotopic (exact) mass is 372 g/mol. The average molecular weight is 373 g/mol. The molecule has 0 aliphatic carbocycles. The first-order valence-corrected chi connectivity index (χ1v) is 8.26. The molecule has 0 spiro atoms. The first kappa shape index (κ1) is 17.9. The summed E-state index contributed by atoms with van der Waals surface area (Å²) in [5.74, 6) is 1.41. The summed E-state index contributed by atoms with van der Waals surface area (Å²) in [6, 6.07) is 9.02. The Morgan fingerprint density at radius 3 is 2.58 bits per heavy atom. The van der Waals surface area contributed by atoms with Crippen molar-refractivity contribution in [1.82, 2.24) is 19.7 Å². The van der Waals surface area contributed by atoms with E-state index >= 15 is 0 Å². The van der Waals surface area contributed by atoms with Gasteiger partial charge in [0, 0.05) is 23.5 Å².